The first-order valence-electron chi connectivity index (χ1n) is 7.40. The minimum absolute atomic E-state index is 0.0919. The molecule has 0 saturated carbocycles. The summed E-state index contributed by atoms with van der Waals surface area (Å²) in [5.41, 5.74) is -1.28. The Balaban J connectivity index is 2.01. The fourth-order valence-corrected chi connectivity index (χ4v) is 5.69. The first kappa shape index (κ1) is 19.8. The number of nitrogens with zero attached hydrogens (tertiary/aromatic N) is 3. The number of aromatic nitrogens is 2. The van der Waals surface area contributed by atoms with Crippen molar-refractivity contribution in [3.05, 3.63) is 35.1 Å². The van der Waals surface area contributed by atoms with E-state index in [1.54, 1.807) is 0 Å². The van der Waals surface area contributed by atoms with Crippen LogP contribution in [0.1, 0.15) is 12.0 Å². The molecule has 1 aromatic carbocycles. The van der Waals surface area contributed by atoms with Crippen LogP contribution in [0.5, 0.6) is 0 Å². The lowest BCUT2D eigenvalue weighted by molar-refractivity contribution is -0.140. The van der Waals surface area contributed by atoms with Crippen molar-refractivity contribution in [3.63, 3.8) is 0 Å². The Kier molecular flexibility index (Phi) is 5.08. The molecule has 0 radical (unpaired) electrons. The van der Waals surface area contributed by atoms with Gasteiger partial charge in [-0.2, -0.15) is 22.5 Å². The van der Waals surface area contributed by atoms with E-state index in [9.17, 15) is 31.5 Å². The van der Waals surface area contributed by atoms with Gasteiger partial charge in [0, 0.05) is 18.1 Å². The topological polar surface area (TPSA) is 100 Å². The van der Waals surface area contributed by atoms with Crippen LogP contribution >= 0.6 is 23.1 Å². The standard InChI is InChI=1S/C14H11ClF3N3O4S2/c15-12-19-13(26-20-12)21-6-7(5-9(21)11(22)23)27(24,25)10-4-2-1-3-8(10)14(16,17)18/h1-4,7,9H,5-6H2,(H,22,23). The molecule has 2 aromatic rings. The molecule has 0 aliphatic carbocycles. The molecular formula is C14H11ClF3N3O4S2. The van der Waals surface area contributed by atoms with Crippen LogP contribution in [0, 0.1) is 0 Å². The van der Waals surface area contributed by atoms with Crippen LogP contribution in [0.25, 0.3) is 0 Å². The van der Waals surface area contributed by atoms with E-state index in [1.165, 1.54) is 11.0 Å². The normalized spacial score (nSPS) is 20.8. The van der Waals surface area contributed by atoms with Crippen LogP contribution in [0.3, 0.4) is 0 Å². The largest absolute Gasteiger partial charge is 0.480 e. The summed E-state index contributed by atoms with van der Waals surface area (Å²) in [4.78, 5) is 15.7. The maximum absolute atomic E-state index is 13.2. The predicted octanol–water partition coefficient (Wildman–Crippen LogP) is 2.72. The van der Waals surface area contributed by atoms with Gasteiger partial charge in [-0.3, -0.25) is 0 Å². The lowest BCUT2D eigenvalue weighted by Gasteiger charge is -2.19. The molecule has 2 atom stereocenters. The molecule has 2 unspecified atom stereocenters. The summed E-state index contributed by atoms with van der Waals surface area (Å²) in [6.45, 7) is -0.336. The van der Waals surface area contributed by atoms with E-state index >= 15 is 0 Å². The minimum Gasteiger partial charge on any atom is -0.480 e. The Morgan fingerprint density at radius 2 is 2.00 bits per heavy atom. The maximum atomic E-state index is 13.2. The van der Waals surface area contributed by atoms with Gasteiger partial charge in [-0.25, -0.2) is 13.2 Å². The Bertz CT molecular complexity index is 980. The van der Waals surface area contributed by atoms with Crippen molar-refractivity contribution < 1.29 is 31.5 Å². The van der Waals surface area contributed by atoms with Crippen LogP contribution in [-0.2, 0) is 20.8 Å². The summed E-state index contributed by atoms with van der Waals surface area (Å²) in [5, 5.41) is 8.00. The highest BCUT2D eigenvalue weighted by Gasteiger charge is 2.47. The first-order chi connectivity index (χ1) is 12.5. The summed E-state index contributed by atoms with van der Waals surface area (Å²) in [5.74, 6) is -1.32. The van der Waals surface area contributed by atoms with Crippen molar-refractivity contribution in [2.45, 2.75) is 28.8 Å². The van der Waals surface area contributed by atoms with Gasteiger partial charge in [0.1, 0.15) is 6.04 Å². The molecule has 27 heavy (non-hydrogen) atoms. The first-order valence-corrected chi connectivity index (χ1v) is 10.1. The molecule has 1 aromatic heterocycles. The van der Waals surface area contributed by atoms with E-state index in [0.717, 1.165) is 23.7 Å². The number of halogens is 4. The quantitative estimate of drug-likeness (QED) is 0.778. The molecular weight excluding hydrogens is 431 g/mol. The fraction of sp³-hybridized carbons (Fsp3) is 0.357. The molecule has 2 heterocycles. The van der Waals surface area contributed by atoms with Crippen LogP contribution in [0.2, 0.25) is 5.28 Å². The average Bonchev–Trinajstić information content (AvgIpc) is 3.20. The SMILES string of the molecule is O=C(O)C1CC(S(=O)(=O)c2ccccc2C(F)(F)F)CN1c1nc(Cl)ns1. The van der Waals surface area contributed by atoms with Gasteiger partial charge < -0.3 is 10.0 Å². The van der Waals surface area contributed by atoms with Crippen LogP contribution in [-0.4, -0.2) is 46.7 Å². The molecule has 146 valence electrons. The minimum atomic E-state index is -4.86. The van der Waals surface area contributed by atoms with Crippen LogP contribution < -0.4 is 4.90 Å². The lowest BCUT2D eigenvalue weighted by Crippen LogP contribution is -2.36. The second-order valence-electron chi connectivity index (χ2n) is 5.75. The monoisotopic (exact) mass is 441 g/mol. The maximum Gasteiger partial charge on any atom is 0.417 e. The number of aliphatic carboxylic acids is 1. The van der Waals surface area contributed by atoms with Crippen molar-refractivity contribution in [2.75, 3.05) is 11.4 Å². The van der Waals surface area contributed by atoms with Crippen LogP contribution in [0.4, 0.5) is 18.3 Å². The molecule has 0 spiro atoms. The second-order valence-corrected chi connectivity index (χ2v) is 9.01. The molecule has 1 aliphatic rings. The fourth-order valence-electron chi connectivity index (χ4n) is 2.91. The highest BCUT2D eigenvalue weighted by Crippen LogP contribution is 2.38. The zero-order chi connectivity index (χ0) is 20.0. The number of benzene rings is 1. The summed E-state index contributed by atoms with van der Waals surface area (Å²) < 4.78 is 69.1. The van der Waals surface area contributed by atoms with Gasteiger partial charge in [0.15, 0.2) is 9.84 Å². The molecule has 13 heteroatoms. The lowest BCUT2D eigenvalue weighted by atomic mass is 10.2. The highest BCUT2D eigenvalue weighted by atomic mass is 35.5. The number of hydrogen-bond donors (Lipinski definition) is 1. The number of carbonyl (C=O) groups is 1. The molecule has 0 bridgehead atoms. The Hall–Kier alpha value is -1.92. The molecule has 3 rings (SSSR count). The summed E-state index contributed by atoms with van der Waals surface area (Å²) in [6, 6.07) is 2.56. The Morgan fingerprint density at radius 1 is 1.33 bits per heavy atom. The average molecular weight is 442 g/mol. The predicted molar refractivity (Wildman–Crippen MR) is 90.7 cm³/mol. The van der Waals surface area contributed by atoms with E-state index in [2.05, 4.69) is 9.36 Å². The third-order valence-electron chi connectivity index (χ3n) is 4.12. The van der Waals surface area contributed by atoms with Crippen molar-refractivity contribution in [1.29, 1.82) is 0 Å². The Labute approximate surface area is 160 Å². The smallest absolute Gasteiger partial charge is 0.417 e. The molecule has 1 fully saturated rings. The van der Waals surface area contributed by atoms with E-state index in [4.69, 9.17) is 11.6 Å². The third-order valence-corrected chi connectivity index (χ3v) is 7.33. The second kappa shape index (κ2) is 6.91. The van der Waals surface area contributed by atoms with Gasteiger partial charge in [-0.1, -0.05) is 12.1 Å². The molecule has 0 amide bonds. The van der Waals surface area contributed by atoms with E-state index in [-0.39, 0.29) is 23.4 Å². The molecule has 1 N–H and O–H groups in total. The van der Waals surface area contributed by atoms with E-state index in [1.807, 2.05) is 0 Å². The third kappa shape index (κ3) is 3.73. The van der Waals surface area contributed by atoms with Gasteiger partial charge in [0.2, 0.25) is 10.4 Å². The van der Waals surface area contributed by atoms with E-state index in [0.29, 0.717) is 6.07 Å². The molecule has 1 saturated heterocycles. The van der Waals surface area contributed by atoms with Crippen molar-refractivity contribution in [1.82, 2.24) is 9.36 Å². The number of carboxylic acid groups (broad SMARTS) is 1. The highest BCUT2D eigenvalue weighted by molar-refractivity contribution is 7.92. The number of alkyl halides is 3. The van der Waals surface area contributed by atoms with Crippen LogP contribution in [0.15, 0.2) is 29.2 Å². The Morgan fingerprint density at radius 3 is 2.56 bits per heavy atom. The number of sulfone groups is 1. The zero-order valence-corrected chi connectivity index (χ0v) is 15.6. The van der Waals surface area contributed by atoms with Gasteiger partial charge in [0.05, 0.1) is 15.7 Å². The van der Waals surface area contributed by atoms with Gasteiger partial charge in [-0.15, -0.1) is 0 Å². The van der Waals surface area contributed by atoms with Crippen molar-refractivity contribution in [3.8, 4) is 0 Å². The number of anilines is 1. The van der Waals surface area contributed by atoms with Crippen molar-refractivity contribution in [2.24, 2.45) is 0 Å². The zero-order valence-electron chi connectivity index (χ0n) is 13.2. The number of carboxylic acids is 1. The number of rotatable bonds is 4. The molecule has 7 nitrogen and oxygen atoms in total. The van der Waals surface area contributed by atoms with Crippen molar-refractivity contribution >= 4 is 44.1 Å². The number of hydrogen-bond acceptors (Lipinski definition) is 7. The van der Waals surface area contributed by atoms with E-state index < -0.39 is 43.7 Å². The summed E-state index contributed by atoms with van der Waals surface area (Å²) in [7, 11) is -4.45. The molecule has 1 aliphatic heterocycles. The van der Waals surface area contributed by atoms with Gasteiger partial charge >= 0.3 is 12.1 Å². The van der Waals surface area contributed by atoms with Gasteiger partial charge in [0.25, 0.3) is 0 Å². The van der Waals surface area contributed by atoms with Gasteiger partial charge in [-0.05, 0) is 30.2 Å². The summed E-state index contributed by atoms with van der Waals surface area (Å²) in [6.07, 6.45) is -5.25. The summed E-state index contributed by atoms with van der Waals surface area (Å²) >= 11 is 6.41.